The van der Waals surface area contributed by atoms with Crippen molar-refractivity contribution in [2.75, 3.05) is 46.4 Å². The van der Waals surface area contributed by atoms with Gasteiger partial charge in [-0.25, -0.2) is 0 Å². The number of nitrogens with zero attached hydrogens (tertiary/aromatic N) is 3. The van der Waals surface area contributed by atoms with E-state index in [1.54, 1.807) is 55.5 Å². The molecule has 2 heterocycles. The van der Waals surface area contributed by atoms with Crippen LogP contribution in [0.1, 0.15) is 78.5 Å². The Hall–Kier alpha value is -6.87. The molecule has 66 heavy (non-hydrogen) atoms. The van der Waals surface area contributed by atoms with E-state index in [0.717, 1.165) is 11.1 Å². The first kappa shape index (κ1) is 50.1. The van der Waals surface area contributed by atoms with Gasteiger partial charge < -0.3 is 52.8 Å². The van der Waals surface area contributed by atoms with Crippen LogP contribution in [-0.4, -0.2) is 104 Å². The average molecular weight is 903 g/mol. The molecule has 5 amide bonds. The van der Waals surface area contributed by atoms with E-state index in [1.807, 2.05) is 19.1 Å². The van der Waals surface area contributed by atoms with E-state index in [9.17, 15) is 24.0 Å². The van der Waals surface area contributed by atoms with E-state index >= 15 is 0 Å². The lowest BCUT2D eigenvalue weighted by Gasteiger charge is -2.32. The minimum atomic E-state index is -1.39. The van der Waals surface area contributed by atoms with Crippen LogP contribution >= 0.6 is 0 Å². The first-order chi connectivity index (χ1) is 31.4. The highest BCUT2D eigenvalue weighted by molar-refractivity contribution is 6.00. The van der Waals surface area contributed by atoms with Gasteiger partial charge in [-0.1, -0.05) is 51.1 Å². The molecule has 0 fully saturated rings. The van der Waals surface area contributed by atoms with Gasteiger partial charge in [0.2, 0.25) is 23.6 Å². The molecule has 0 radical (unpaired) electrons. The molecule has 3 aromatic carbocycles. The summed E-state index contributed by atoms with van der Waals surface area (Å²) >= 11 is 0. The summed E-state index contributed by atoms with van der Waals surface area (Å²) in [6.45, 7) is 12.0. The molecule has 17 heteroatoms. The van der Waals surface area contributed by atoms with Crippen molar-refractivity contribution in [1.29, 1.82) is 5.26 Å². The minimum absolute atomic E-state index is 0.00544. The number of nitrogens with two attached hydrogens (primary N) is 3. The van der Waals surface area contributed by atoms with Crippen LogP contribution in [-0.2, 0) is 31.0 Å². The number of amides is 5. The maximum atomic E-state index is 14.7. The Kier molecular flexibility index (Phi) is 17.0. The van der Waals surface area contributed by atoms with Crippen LogP contribution in [0.3, 0.4) is 0 Å². The molecule has 5 rings (SSSR count). The van der Waals surface area contributed by atoms with E-state index in [-0.39, 0.29) is 63.2 Å². The Morgan fingerprint density at radius 3 is 2.15 bits per heavy atom. The van der Waals surface area contributed by atoms with E-state index in [2.05, 4.69) is 54.2 Å². The largest absolute Gasteiger partial charge is 0.492 e. The summed E-state index contributed by atoms with van der Waals surface area (Å²) < 4.78 is 12.2. The monoisotopic (exact) mass is 902 g/mol. The van der Waals surface area contributed by atoms with E-state index in [0.29, 0.717) is 45.1 Å². The number of fused-ring (bicyclic) bond motifs is 5. The van der Waals surface area contributed by atoms with Crippen LogP contribution in [0.5, 0.6) is 11.5 Å². The summed E-state index contributed by atoms with van der Waals surface area (Å²) in [4.78, 5) is 76.3. The van der Waals surface area contributed by atoms with Crippen LogP contribution < -0.4 is 47.9 Å². The second-order valence-corrected chi connectivity index (χ2v) is 17.3. The number of rotatable bonds is 15. The van der Waals surface area contributed by atoms with E-state index in [4.69, 9.17) is 36.9 Å². The molecule has 0 saturated carbocycles. The molecule has 0 saturated heterocycles. The van der Waals surface area contributed by atoms with E-state index in [1.165, 1.54) is 24.4 Å². The molecular formula is C49H62N10O7. The van der Waals surface area contributed by atoms with Gasteiger partial charge in [-0.2, -0.15) is 5.26 Å². The zero-order valence-corrected chi connectivity index (χ0v) is 38.7. The van der Waals surface area contributed by atoms with Crippen molar-refractivity contribution in [3.05, 3.63) is 100 Å². The molecule has 1 aliphatic rings. The van der Waals surface area contributed by atoms with Crippen LogP contribution in [0, 0.1) is 25.2 Å². The maximum absolute atomic E-state index is 14.7. The number of nitrogens with one attached hydrogen (secondary N) is 4. The van der Waals surface area contributed by atoms with Gasteiger partial charge in [-0.3, -0.25) is 29.0 Å². The lowest BCUT2D eigenvalue weighted by molar-refractivity contribution is -0.141. The molecule has 0 spiro atoms. The van der Waals surface area contributed by atoms with Gasteiger partial charge in [0.15, 0.2) is 0 Å². The first-order valence-electron chi connectivity index (χ1n) is 22.0. The third-order valence-corrected chi connectivity index (χ3v) is 11.3. The van der Waals surface area contributed by atoms with Crippen molar-refractivity contribution >= 4 is 29.5 Å². The second-order valence-electron chi connectivity index (χ2n) is 17.3. The highest BCUT2D eigenvalue weighted by Gasteiger charge is 2.36. The predicted molar refractivity (Wildman–Crippen MR) is 251 cm³/mol. The topological polar surface area (TPSA) is 270 Å². The molecule has 10 N–H and O–H groups in total. The second kappa shape index (κ2) is 22.4. The smallest absolute Gasteiger partial charge is 0.253 e. The molecule has 4 atom stereocenters. The Morgan fingerprint density at radius 2 is 1.55 bits per heavy atom. The van der Waals surface area contributed by atoms with Crippen molar-refractivity contribution in [3.8, 4) is 40.0 Å². The van der Waals surface area contributed by atoms with Gasteiger partial charge in [-0.15, -0.1) is 0 Å². The van der Waals surface area contributed by atoms with Crippen molar-refractivity contribution in [2.45, 2.75) is 84.0 Å². The normalized spacial score (nSPS) is 16.7. The van der Waals surface area contributed by atoms with Crippen LogP contribution in [0.15, 0.2) is 66.7 Å². The summed E-state index contributed by atoms with van der Waals surface area (Å²) in [6, 6.07) is 16.8. The molecule has 0 unspecified atom stereocenters. The fraction of sp³-hybridized carbons (Fsp3) is 0.408. The number of aromatic nitrogens is 1. The zero-order chi connectivity index (χ0) is 48.3. The van der Waals surface area contributed by atoms with Gasteiger partial charge in [0, 0.05) is 43.2 Å². The standard InChI is InChI=1S/C49H62N10O7/c1-28-24-33(49(4,5)6)10-11-34(28)38-13-12-35(29(2)55-38)45(61)57-39(16-17-50)48(64)59(7)43-32-9-15-42(66-23-20-53)37(27-32)36-25-31(8-14-41(36)65-22-19-52)26-40(46(62)54-21-18-51)58-44(60)30(3)56-47(43)63/h8-15,24-25,27,30,39-40,43H,16-17,19-23,26,50,52-53H2,1-7H3,(H,54,62)(H,56,63)(H,57,61)(H,58,60)/t30-,39-,40-,43-/m0/s1. The number of likely N-dealkylation sites (N-methyl/N-ethyl adjacent to an activating group) is 1. The lowest BCUT2D eigenvalue weighted by Crippen LogP contribution is -2.56. The molecule has 4 bridgehead atoms. The Bertz CT molecular complexity index is 2480. The molecule has 1 aliphatic heterocycles. The summed E-state index contributed by atoms with van der Waals surface area (Å²) in [5, 5.41) is 19.9. The highest BCUT2D eigenvalue weighted by atomic mass is 16.5. The van der Waals surface area contributed by atoms with Crippen LogP contribution in [0.25, 0.3) is 22.4 Å². The Labute approximate surface area is 386 Å². The van der Waals surface area contributed by atoms with Crippen LogP contribution in [0.4, 0.5) is 0 Å². The molecular weight excluding hydrogens is 841 g/mol. The number of hydrogen-bond donors (Lipinski definition) is 7. The number of aryl methyl sites for hydroxylation is 2. The summed E-state index contributed by atoms with van der Waals surface area (Å²) in [7, 11) is 1.43. The minimum Gasteiger partial charge on any atom is -0.492 e. The van der Waals surface area contributed by atoms with Gasteiger partial charge in [0.25, 0.3) is 5.91 Å². The third kappa shape index (κ3) is 12.1. The van der Waals surface area contributed by atoms with E-state index < -0.39 is 53.7 Å². The summed E-state index contributed by atoms with van der Waals surface area (Å²) in [5.41, 5.74) is 24.1. The number of benzene rings is 3. The number of hydrogen-bond acceptors (Lipinski definition) is 12. The van der Waals surface area contributed by atoms with Gasteiger partial charge >= 0.3 is 0 Å². The fourth-order valence-electron chi connectivity index (χ4n) is 7.73. The summed E-state index contributed by atoms with van der Waals surface area (Å²) in [5.74, 6) is -2.48. The summed E-state index contributed by atoms with van der Waals surface area (Å²) in [6.07, 6.45) is 0.0262. The van der Waals surface area contributed by atoms with Crippen molar-refractivity contribution in [3.63, 3.8) is 0 Å². The molecule has 350 valence electrons. The number of ether oxygens (including phenoxy) is 2. The van der Waals surface area contributed by atoms with Crippen molar-refractivity contribution < 1.29 is 33.4 Å². The molecule has 4 aromatic rings. The first-order valence-corrected chi connectivity index (χ1v) is 22.0. The van der Waals surface area contributed by atoms with Gasteiger partial charge in [0.05, 0.1) is 23.0 Å². The Morgan fingerprint density at radius 1 is 0.879 bits per heavy atom. The molecule has 1 aromatic heterocycles. The third-order valence-electron chi connectivity index (χ3n) is 11.3. The van der Waals surface area contributed by atoms with Gasteiger partial charge in [-0.05, 0) is 97.8 Å². The molecule has 0 aliphatic carbocycles. The lowest BCUT2D eigenvalue weighted by atomic mass is 9.85. The predicted octanol–water partition coefficient (Wildman–Crippen LogP) is 2.84. The fourth-order valence-corrected chi connectivity index (χ4v) is 7.73. The van der Waals surface area contributed by atoms with Gasteiger partial charge in [0.1, 0.15) is 55.4 Å². The Balaban J connectivity index is 1.56. The number of nitriles is 1. The number of pyridine rings is 1. The number of carbonyl (C=O) groups excluding carboxylic acids is 5. The average Bonchev–Trinajstić information content (AvgIpc) is 3.28. The quantitative estimate of drug-likeness (QED) is 0.0850. The highest BCUT2D eigenvalue weighted by Crippen LogP contribution is 2.40. The maximum Gasteiger partial charge on any atom is 0.253 e. The van der Waals surface area contributed by atoms with Crippen molar-refractivity contribution in [2.24, 2.45) is 17.2 Å². The zero-order valence-electron chi connectivity index (χ0n) is 38.7. The molecule has 17 nitrogen and oxygen atoms in total. The number of carbonyl (C=O) groups is 5. The SMILES string of the molecule is Cc1cc(C(C)(C)C)ccc1-c1ccc(C(=O)N[C@@H](CCN)C(=O)N(C)[C@@H]2C(=O)N[C@@H](C)C(=O)N[C@H](C(=O)NCC#N)Cc3ccc(OCCN)c(c3)-c3cc2ccc3OCCN)c(C)n1. The van der Waals surface area contributed by atoms with Crippen molar-refractivity contribution in [1.82, 2.24) is 31.2 Å². The van der Waals surface area contributed by atoms with Crippen LogP contribution in [0.2, 0.25) is 0 Å².